The molecule has 0 aromatic carbocycles. The lowest BCUT2D eigenvalue weighted by atomic mass is 9.98. The predicted molar refractivity (Wildman–Crippen MR) is 108 cm³/mol. The average Bonchev–Trinajstić information content (AvgIpc) is 2.50. The normalized spacial score (nSPS) is 18.0. The minimum absolute atomic E-state index is 0. The molecule has 1 fully saturated rings. The van der Waals surface area contributed by atoms with Gasteiger partial charge in [0.2, 0.25) is 0 Å². The van der Waals surface area contributed by atoms with Crippen molar-refractivity contribution in [1.82, 2.24) is 14.9 Å². The fourth-order valence-corrected chi connectivity index (χ4v) is 3.85. The number of aliphatic imine (C=N–C) groups is 1. The van der Waals surface area contributed by atoms with Gasteiger partial charge in [0.25, 0.3) is 0 Å². The van der Waals surface area contributed by atoms with E-state index in [4.69, 9.17) is 0 Å². The fourth-order valence-electron chi connectivity index (χ4n) is 2.40. The maximum atomic E-state index is 12.5. The zero-order valence-corrected chi connectivity index (χ0v) is 19.1. The van der Waals surface area contributed by atoms with E-state index >= 15 is 0 Å². The van der Waals surface area contributed by atoms with E-state index in [0.29, 0.717) is 23.4 Å². The number of sulfone groups is 1. The van der Waals surface area contributed by atoms with Gasteiger partial charge in [-0.15, -0.1) is 24.0 Å². The van der Waals surface area contributed by atoms with Crippen LogP contribution < -0.4 is 10.6 Å². The molecule has 1 heterocycles. The second-order valence-corrected chi connectivity index (χ2v) is 10.3. The van der Waals surface area contributed by atoms with Gasteiger partial charge in [0.1, 0.15) is 9.84 Å². The summed E-state index contributed by atoms with van der Waals surface area (Å²) in [6.07, 6.45) is 1.69. The molecule has 14 heteroatoms. The number of piperidine rings is 1. The Bertz CT molecular complexity index is 691. The first-order valence-electron chi connectivity index (χ1n) is 8.13. The van der Waals surface area contributed by atoms with Gasteiger partial charge in [-0.2, -0.15) is 17.5 Å². The van der Waals surface area contributed by atoms with E-state index < -0.39 is 25.4 Å². The second-order valence-electron chi connectivity index (χ2n) is 6.07. The van der Waals surface area contributed by atoms with Crippen LogP contribution in [-0.4, -0.2) is 77.3 Å². The van der Waals surface area contributed by atoms with E-state index in [1.807, 2.05) is 6.92 Å². The molecular weight excluding hydrogens is 524 g/mol. The summed E-state index contributed by atoms with van der Waals surface area (Å²) in [7, 11) is -8.37. The Morgan fingerprint density at radius 1 is 1.15 bits per heavy atom. The Balaban J connectivity index is 0.00000676. The van der Waals surface area contributed by atoms with E-state index in [2.05, 4.69) is 15.6 Å². The van der Waals surface area contributed by atoms with E-state index in [0.717, 1.165) is 6.26 Å². The molecule has 1 rings (SSSR count). The molecule has 0 saturated carbocycles. The summed E-state index contributed by atoms with van der Waals surface area (Å²) in [6.45, 7) is 2.52. The summed E-state index contributed by atoms with van der Waals surface area (Å²) in [6, 6.07) is 0. The third-order valence-corrected chi connectivity index (χ3v) is 6.40. The summed E-state index contributed by atoms with van der Waals surface area (Å²) in [5, 5.41) is 5.82. The quantitative estimate of drug-likeness (QED) is 0.276. The maximum Gasteiger partial charge on any atom is 0.511 e. The van der Waals surface area contributed by atoms with Crippen LogP contribution in [0.25, 0.3) is 0 Å². The van der Waals surface area contributed by atoms with Crippen LogP contribution in [0.4, 0.5) is 13.2 Å². The zero-order chi connectivity index (χ0) is 20.0. The van der Waals surface area contributed by atoms with Crippen molar-refractivity contribution in [2.75, 3.05) is 44.7 Å². The Morgan fingerprint density at radius 3 is 2.15 bits per heavy atom. The SMILES string of the molecule is CCNC(=NCC1CCN(S(=O)(=O)C(F)(F)F)CC1)NCCS(C)(=O)=O.I. The van der Waals surface area contributed by atoms with E-state index in [9.17, 15) is 30.0 Å². The first kappa shape index (κ1) is 26.6. The van der Waals surface area contributed by atoms with E-state index in [-0.39, 0.29) is 68.1 Å². The molecule has 27 heavy (non-hydrogen) atoms. The minimum atomic E-state index is -5.28. The highest BCUT2D eigenvalue weighted by Crippen LogP contribution is 2.30. The van der Waals surface area contributed by atoms with Crippen molar-refractivity contribution >= 4 is 49.8 Å². The van der Waals surface area contributed by atoms with Crippen LogP contribution in [0.2, 0.25) is 0 Å². The molecule has 0 bridgehead atoms. The van der Waals surface area contributed by atoms with Crippen LogP contribution in [0, 0.1) is 5.92 Å². The van der Waals surface area contributed by atoms with Crippen molar-refractivity contribution in [1.29, 1.82) is 0 Å². The smallest absolute Gasteiger partial charge is 0.357 e. The first-order chi connectivity index (χ1) is 11.9. The number of nitrogens with zero attached hydrogens (tertiary/aromatic N) is 2. The van der Waals surface area contributed by atoms with Crippen LogP contribution >= 0.6 is 24.0 Å². The molecule has 1 aliphatic heterocycles. The third-order valence-electron chi connectivity index (χ3n) is 3.82. The van der Waals surface area contributed by atoms with Crippen LogP contribution in [0.15, 0.2) is 4.99 Å². The summed E-state index contributed by atoms with van der Waals surface area (Å²) < 4.78 is 83.1. The predicted octanol–water partition coefficient (Wildman–Crippen LogP) is 0.766. The second kappa shape index (κ2) is 11.0. The standard InChI is InChI=1S/C13H25F3N4O4S2.HI/c1-3-17-12(18-6-9-25(2,21)22)19-10-11-4-7-20(8-5-11)26(23,24)13(14,15)16;/h11H,3-10H2,1-2H3,(H2,17,18,19);1H. The molecule has 0 unspecified atom stereocenters. The van der Waals surface area contributed by atoms with Crippen molar-refractivity contribution in [2.24, 2.45) is 10.9 Å². The number of rotatable bonds is 7. The van der Waals surface area contributed by atoms with E-state index in [1.54, 1.807) is 0 Å². The largest absolute Gasteiger partial charge is 0.511 e. The van der Waals surface area contributed by atoms with Crippen molar-refractivity contribution in [3.8, 4) is 0 Å². The molecule has 0 amide bonds. The Hall–Kier alpha value is -0.350. The van der Waals surface area contributed by atoms with Gasteiger partial charge < -0.3 is 10.6 Å². The lowest BCUT2D eigenvalue weighted by molar-refractivity contribution is -0.0496. The molecule has 0 aromatic heterocycles. The average molecular weight is 550 g/mol. The van der Waals surface area contributed by atoms with Crippen LogP contribution in [0.3, 0.4) is 0 Å². The van der Waals surface area contributed by atoms with Crippen LogP contribution in [0.5, 0.6) is 0 Å². The van der Waals surface area contributed by atoms with Gasteiger partial charge in [-0.1, -0.05) is 0 Å². The molecule has 0 aromatic rings. The molecule has 0 aliphatic carbocycles. The number of hydrogen-bond donors (Lipinski definition) is 2. The van der Waals surface area contributed by atoms with Crippen molar-refractivity contribution < 1.29 is 30.0 Å². The topological polar surface area (TPSA) is 108 Å². The monoisotopic (exact) mass is 550 g/mol. The van der Waals surface area contributed by atoms with Gasteiger partial charge in [-0.25, -0.2) is 16.8 Å². The number of guanidine groups is 1. The summed E-state index contributed by atoms with van der Waals surface area (Å²) in [5.41, 5.74) is -5.28. The fraction of sp³-hybridized carbons (Fsp3) is 0.923. The molecule has 8 nitrogen and oxygen atoms in total. The molecule has 0 atom stereocenters. The first-order valence-corrected chi connectivity index (χ1v) is 11.6. The Kier molecular flexibility index (Phi) is 10.9. The highest BCUT2D eigenvalue weighted by molar-refractivity contribution is 14.0. The molecule has 2 N–H and O–H groups in total. The highest BCUT2D eigenvalue weighted by atomic mass is 127. The number of halogens is 4. The number of nitrogens with one attached hydrogen (secondary N) is 2. The molecule has 162 valence electrons. The molecular formula is C13H26F3IN4O4S2. The molecule has 0 spiro atoms. The van der Waals surface area contributed by atoms with Gasteiger partial charge >= 0.3 is 15.5 Å². The highest BCUT2D eigenvalue weighted by Gasteiger charge is 2.50. The number of hydrogen-bond acceptors (Lipinski definition) is 5. The van der Waals surface area contributed by atoms with Crippen LogP contribution in [0.1, 0.15) is 19.8 Å². The maximum absolute atomic E-state index is 12.5. The summed E-state index contributed by atoms with van der Waals surface area (Å²) in [5.74, 6) is 0.326. The van der Waals surface area contributed by atoms with Gasteiger partial charge in [0.05, 0.1) is 5.75 Å². The van der Waals surface area contributed by atoms with Crippen molar-refractivity contribution in [3.63, 3.8) is 0 Å². The summed E-state index contributed by atoms with van der Waals surface area (Å²) in [4.78, 5) is 4.30. The third kappa shape index (κ3) is 9.13. The lowest BCUT2D eigenvalue weighted by Crippen LogP contribution is -2.45. The van der Waals surface area contributed by atoms with Gasteiger partial charge in [-0.05, 0) is 25.7 Å². The lowest BCUT2D eigenvalue weighted by Gasteiger charge is -2.30. The van der Waals surface area contributed by atoms with E-state index in [1.165, 1.54) is 0 Å². The zero-order valence-electron chi connectivity index (χ0n) is 15.1. The Labute approximate surface area is 175 Å². The minimum Gasteiger partial charge on any atom is -0.357 e. The Morgan fingerprint density at radius 2 is 1.70 bits per heavy atom. The van der Waals surface area contributed by atoms with Gasteiger partial charge in [0, 0.05) is 39.0 Å². The molecule has 0 radical (unpaired) electrons. The van der Waals surface area contributed by atoms with Crippen LogP contribution in [-0.2, 0) is 19.9 Å². The van der Waals surface area contributed by atoms with Gasteiger partial charge in [-0.3, -0.25) is 4.99 Å². The summed E-state index contributed by atoms with van der Waals surface area (Å²) >= 11 is 0. The molecule has 1 saturated heterocycles. The number of alkyl halides is 3. The van der Waals surface area contributed by atoms with Crippen molar-refractivity contribution in [3.05, 3.63) is 0 Å². The molecule has 1 aliphatic rings. The van der Waals surface area contributed by atoms with Gasteiger partial charge in [0.15, 0.2) is 5.96 Å². The van der Waals surface area contributed by atoms with Crippen molar-refractivity contribution in [2.45, 2.75) is 25.3 Å². The number of sulfonamides is 1.